The molecule has 9 heteroatoms. The number of halogens is 1. The van der Waals surface area contributed by atoms with Crippen LogP contribution in [0.4, 0.5) is 15.9 Å². The van der Waals surface area contributed by atoms with Gasteiger partial charge in [0.1, 0.15) is 22.3 Å². The smallest absolute Gasteiger partial charge is 0.140 e. The van der Waals surface area contributed by atoms with E-state index in [0.29, 0.717) is 29.0 Å². The molecule has 6 heterocycles. The second-order valence-corrected chi connectivity index (χ2v) is 10.6. The molecule has 188 valence electrons. The third-order valence-electron chi connectivity index (χ3n) is 7.83. The Bertz CT molecular complexity index is 1550. The van der Waals surface area contributed by atoms with Crippen molar-refractivity contribution < 1.29 is 9.13 Å². The molecule has 37 heavy (non-hydrogen) atoms. The summed E-state index contributed by atoms with van der Waals surface area (Å²) >= 11 is 5.71. The lowest BCUT2D eigenvalue weighted by Crippen LogP contribution is -2.32. The Labute approximate surface area is 219 Å². The van der Waals surface area contributed by atoms with E-state index in [4.69, 9.17) is 21.9 Å². The molecule has 0 saturated carbocycles. The Hall–Kier alpha value is -3.40. The standard InChI is InChI=1S/C28H27FN6OS/c1-34-13-16-15-36-9-7-18(16)19-3-5-25(33-23(19)14-34)32-22-4-2-20(21-11-31-28(37)27(21)22)24-12-30-26-10-17(29)6-8-35(24)26/h2-6,8,10,12,16,18H,7,9,11,13-15H2,1H3,(H,31,37)(H,32,33)/t16-,18+/m1/s1. The number of nitrogens with zero attached hydrogens (tertiary/aromatic N) is 4. The Morgan fingerprint density at radius 3 is 3.05 bits per heavy atom. The Balaban J connectivity index is 1.26. The molecule has 1 fully saturated rings. The minimum absolute atomic E-state index is 0.302. The molecule has 2 N–H and O–H groups in total. The summed E-state index contributed by atoms with van der Waals surface area (Å²) in [6.07, 6.45) is 4.55. The van der Waals surface area contributed by atoms with Gasteiger partial charge < -0.3 is 20.3 Å². The maximum absolute atomic E-state index is 13.7. The third kappa shape index (κ3) is 3.89. The van der Waals surface area contributed by atoms with Gasteiger partial charge in [-0.2, -0.15) is 0 Å². The van der Waals surface area contributed by atoms with E-state index in [2.05, 4.69) is 45.8 Å². The molecular weight excluding hydrogens is 487 g/mol. The van der Waals surface area contributed by atoms with Gasteiger partial charge in [-0.25, -0.2) is 14.4 Å². The molecule has 7 nitrogen and oxygen atoms in total. The van der Waals surface area contributed by atoms with Gasteiger partial charge in [-0.05, 0) is 48.7 Å². The minimum Gasteiger partial charge on any atom is -0.381 e. The molecule has 4 aromatic rings. The van der Waals surface area contributed by atoms with E-state index in [1.54, 1.807) is 12.4 Å². The van der Waals surface area contributed by atoms with Crippen LogP contribution in [0.3, 0.4) is 0 Å². The van der Waals surface area contributed by atoms with E-state index < -0.39 is 0 Å². The van der Waals surface area contributed by atoms with Crippen LogP contribution in [0.25, 0.3) is 16.9 Å². The predicted octanol–water partition coefficient (Wildman–Crippen LogP) is 4.62. The van der Waals surface area contributed by atoms with Crippen LogP contribution in [-0.2, 0) is 17.8 Å². The quantitative estimate of drug-likeness (QED) is 0.387. The van der Waals surface area contributed by atoms with Gasteiger partial charge in [0.15, 0.2) is 0 Å². The number of nitrogens with one attached hydrogen (secondary N) is 2. The second-order valence-electron chi connectivity index (χ2n) is 10.2. The maximum atomic E-state index is 13.7. The van der Waals surface area contributed by atoms with Crippen LogP contribution in [0.2, 0.25) is 0 Å². The van der Waals surface area contributed by atoms with Gasteiger partial charge in [-0.15, -0.1) is 0 Å². The molecule has 2 atom stereocenters. The van der Waals surface area contributed by atoms with E-state index in [0.717, 1.165) is 72.3 Å². The van der Waals surface area contributed by atoms with E-state index in [1.165, 1.54) is 17.7 Å². The number of anilines is 2. The number of aromatic nitrogens is 3. The van der Waals surface area contributed by atoms with Gasteiger partial charge in [-0.1, -0.05) is 24.4 Å². The van der Waals surface area contributed by atoms with Crippen LogP contribution in [0.1, 0.15) is 34.7 Å². The predicted molar refractivity (Wildman–Crippen MR) is 145 cm³/mol. The fourth-order valence-corrected chi connectivity index (χ4v) is 6.44. The molecule has 1 aromatic carbocycles. The van der Waals surface area contributed by atoms with Crippen molar-refractivity contribution in [2.45, 2.75) is 25.4 Å². The lowest BCUT2D eigenvalue weighted by Gasteiger charge is -2.31. The molecular formula is C28H27FN6OS. The lowest BCUT2D eigenvalue weighted by atomic mass is 9.83. The van der Waals surface area contributed by atoms with Crippen LogP contribution >= 0.6 is 12.2 Å². The zero-order chi connectivity index (χ0) is 25.1. The molecule has 3 aliphatic rings. The first-order valence-electron chi connectivity index (χ1n) is 12.7. The number of pyridine rings is 2. The highest BCUT2D eigenvalue weighted by molar-refractivity contribution is 7.80. The van der Waals surface area contributed by atoms with Gasteiger partial charge in [0, 0.05) is 55.5 Å². The van der Waals surface area contributed by atoms with E-state index >= 15 is 0 Å². The Kier molecular flexibility index (Phi) is 5.46. The summed E-state index contributed by atoms with van der Waals surface area (Å²) in [4.78, 5) is 12.5. The molecule has 7 rings (SSSR count). The monoisotopic (exact) mass is 514 g/mol. The average Bonchev–Trinajstić information content (AvgIpc) is 3.45. The van der Waals surface area contributed by atoms with Gasteiger partial charge in [0.05, 0.1) is 29.9 Å². The molecule has 3 aliphatic heterocycles. The van der Waals surface area contributed by atoms with Crippen molar-refractivity contribution in [3.8, 4) is 11.3 Å². The summed E-state index contributed by atoms with van der Waals surface area (Å²) in [5, 5.41) is 6.88. The van der Waals surface area contributed by atoms with Crippen molar-refractivity contribution >= 4 is 34.4 Å². The highest BCUT2D eigenvalue weighted by atomic mass is 32.1. The van der Waals surface area contributed by atoms with Crippen molar-refractivity contribution in [1.82, 2.24) is 24.6 Å². The van der Waals surface area contributed by atoms with Crippen molar-refractivity contribution in [2.24, 2.45) is 5.92 Å². The zero-order valence-electron chi connectivity index (χ0n) is 20.5. The highest BCUT2D eigenvalue weighted by Crippen LogP contribution is 2.39. The average molecular weight is 515 g/mol. The molecule has 3 aromatic heterocycles. The summed E-state index contributed by atoms with van der Waals surface area (Å²) < 4.78 is 21.4. The molecule has 0 bridgehead atoms. The van der Waals surface area contributed by atoms with Crippen LogP contribution < -0.4 is 10.6 Å². The van der Waals surface area contributed by atoms with Crippen LogP contribution in [0.15, 0.2) is 48.8 Å². The van der Waals surface area contributed by atoms with Crippen LogP contribution in [-0.4, -0.2) is 51.1 Å². The molecule has 0 amide bonds. The summed E-state index contributed by atoms with van der Waals surface area (Å²) in [6.45, 7) is 4.10. The fourth-order valence-electron chi connectivity index (χ4n) is 6.14. The van der Waals surface area contributed by atoms with Crippen molar-refractivity contribution in [1.29, 1.82) is 0 Å². The summed E-state index contributed by atoms with van der Waals surface area (Å²) in [6, 6.07) is 11.3. The number of fused-ring (bicyclic) bond motifs is 5. The Morgan fingerprint density at radius 2 is 2.14 bits per heavy atom. The number of hydrogen-bond acceptors (Lipinski definition) is 6. The summed E-state index contributed by atoms with van der Waals surface area (Å²) in [5.41, 5.74) is 7.98. The van der Waals surface area contributed by atoms with Gasteiger partial charge in [-0.3, -0.25) is 4.40 Å². The Morgan fingerprint density at radius 1 is 1.22 bits per heavy atom. The van der Waals surface area contributed by atoms with Gasteiger partial charge >= 0.3 is 0 Å². The van der Waals surface area contributed by atoms with Gasteiger partial charge in [0.2, 0.25) is 0 Å². The van der Waals surface area contributed by atoms with E-state index in [9.17, 15) is 4.39 Å². The SMILES string of the molecule is CN1Cc2nc(Nc3ccc(-c4cnc5cc(F)ccn45)c4c3C(=S)NC4)ccc2[C@H]2CCOC[C@H]2C1. The first-order valence-corrected chi connectivity index (χ1v) is 13.1. The number of imidazole rings is 1. The van der Waals surface area contributed by atoms with E-state index in [-0.39, 0.29) is 5.82 Å². The largest absolute Gasteiger partial charge is 0.381 e. The minimum atomic E-state index is -0.302. The first-order chi connectivity index (χ1) is 18.0. The first kappa shape index (κ1) is 22.8. The van der Waals surface area contributed by atoms with Crippen LogP contribution in [0.5, 0.6) is 0 Å². The lowest BCUT2D eigenvalue weighted by molar-refractivity contribution is 0.0304. The van der Waals surface area contributed by atoms with E-state index in [1.807, 2.05) is 10.5 Å². The highest BCUT2D eigenvalue weighted by Gasteiger charge is 2.33. The van der Waals surface area contributed by atoms with Gasteiger partial charge in [0.25, 0.3) is 0 Å². The molecule has 0 spiro atoms. The maximum Gasteiger partial charge on any atom is 0.140 e. The van der Waals surface area contributed by atoms with Crippen molar-refractivity contribution in [3.63, 3.8) is 0 Å². The van der Waals surface area contributed by atoms with Crippen molar-refractivity contribution in [3.05, 3.63) is 77.0 Å². The normalized spacial score (nSPS) is 21.2. The second kappa shape index (κ2) is 8.86. The number of benzene rings is 1. The van der Waals surface area contributed by atoms with Crippen molar-refractivity contribution in [2.75, 3.05) is 32.1 Å². The number of hydrogen-bond donors (Lipinski definition) is 2. The third-order valence-corrected chi connectivity index (χ3v) is 8.18. The topological polar surface area (TPSA) is 66.7 Å². The molecule has 0 aliphatic carbocycles. The molecule has 1 saturated heterocycles. The number of ether oxygens (including phenoxy) is 1. The summed E-state index contributed by atoms with van der Waals surface area (Å²) in [5.74, 6) is 1.52. The summed E-state index contributed by atoms with van der Waals surface area (Å²) in [7, 11) is 2.16. The molecule has 0 radical (unpaired) electrons. The number of rotatable bonds is 3. The number of thiocarbonyl (C=S) groups is 1. The van der Waals surface area contributed by atoms with Crippen LogP contribution in [0, 0.1) is 11.7 Å². The fraction of sp³-hybridized carbons (Fsp3) is 0.321. The molecule has 0 unspecified atom stereocenters. The zero-order valence-corrected chi connectivity index (χ0v) is 21.3.